The van der Waals surface area contributed by atoms with Crippen LogP contribution in [-0.4, -0.2) is 42.5 Å². The van der Waals surface area contributed by atoms with Gasteiger partial charge in [0.25, 0.3) is 5.78 Å². The first-order valence-corrected chi connectivity index (χ1v) is 7.21. The number of carbonyl (C=O) groups is 2. The number of carboxylic acids is 1. The fourth-order valence-electron chi connectivity index (χ4n) is 2.78. The third-order valence-corrected chi connectivity index (χ3v) is 3.88. The Hall–Kier alpha value is -2.81. The lowest BCUT2D eigenvalue weighted by atomic mass is 9.88. The molecule has 0 aromatic rings. The van der Waals surface area contributed by atoms with Crippen LogP contribution in [0.3, 0.4) is 0 Å². The molecule has 25 heavy (non-hydrogen) atoms. The Balaban J connectivity index is 0.000000277. The summed E-state index contributed by atoms with van der Waals surface area (Å²) in [5.41, 5.74) is 9.20. The van der Waals surface area contributed by atoms with Gasteiger partial charge in [0, 0.05) is 18.8 Å². The maximum atomic E-state index is 12.2. The fourth-order valence-corrected chi connectivity index (χ4v) is 2.78. The summed E-state index contributed by atoms with van der Waals surface area (Å²) in [6, 6.07) is 0.0799. The number of halogens is 3. The van der Waals surface area contributed by atoms with Gasteiger partial charge in [0.1, 0.15) is 18.7 Å². The molecule has 3 rings (SSSR count). The van der Waals surface area contributed by atoms with Gasteiger partial charge in [-0.3, -0.25) is 9.69 Å². The van der Waals surface area contributed by atoms with Gasteiger partial charge in [0.15, 0.2) is 5.70 Å². The lowest BCUT2D eigenvalue weighted by Crippen LogP contribution is -3.05. The zero-order valence-corrected chi connectivity index (χ0v) is 13.3. The van der Waals surface area contributed by atoms with Crippen LogP contribution in [0.5, 0.6) is 0 Å². The van der Waals surface area contributed by atoms with E-state index in [4.69, 9.17) is 15.6 Å². The van der Waals surface area contributed by atoms with Crippen molar-refractivity contribution < 1.29 is 32.8 Å². The van der Waals surface area contributed by atoms with E-state index in [1.165, 1.54) is 0 Å². The summed E-state index contributed by atoms with van der Waals surface area (Å²) >= 11 is 0. The summed E-state index contributed by atoms with van der Waals surface area (Å²) in [7, 11) is 1.99. The van der Waals surface area contributed by atoms with Crippen LogP contribution in [-0.2, 0) is 9.59 Å². The normalized spacial score (nSPS) is 24.2. The molecule has 3 aliphatic rings. The number of nitrogens with two attached hydrogens (primary N) is 1. The van der Waals surface area contributed by atoms with Gasteiger partial charge >= 0.3 is 6.18 Å². The molecule has 0 radical (unpaired) electrons. The Bertz CT molecular complexity index is 747. The molecule has 0 bridgehead atoms. The first kappa shape index (κ1) is 18.5. The number of alkyl halides is 3. The largest absolute Gasteiger partial charge is 0.542 e. The maximum Gasteiger partial charge on any atom is 0.430 e. The van der Waals surface area contributed by atoms with E-state index >= 15 is 0 Å². The minimum Gasteiger partial charge on any atom is -0.542 e. The highest BCUT2D eigenvalue weighted by Crippen LogP contribution is 2.33. The molecule has 0 aromatic carbocycles. The first-order chi connectivity index (χ1) is 11.6. The second-order valence-electron chi connectivity index (χ2n) is 5.57. The summed E-state index contributed by atoms with van der Waals surface area (Å²) in [5.74, 6) is -3.06. The zero-order chi connectivity index (χ0) is 18.9. The molecule has 2 unspecified atom stereocenters. The Morgan fingerprint density at radius 3 is 2.64 bits per heavy atom. The van der Waals surface area contributed by atoms with Crippen molar-refractivity contribution in [2.75, 3.05) is 13.6 Å². The van der Waals surface area contributed by atoms with E-state index < -0.39 is 12.1 Å². The molecule has 0 fully saturated rings. The Morgan fingerprint density at radius 1 is 1.52 bits per heavy atom. The smallest absolute Gasteiger partial charge is 0.430 e. The molecule has 2 heterocycles. The van der Waals surface area contributed by atoms with Crippen molar-refractivity contribution in [1.29, 1.82) is 0 Å². The molecule has 2 aliphatic heterocycles. The average molecular weight is 355 g/mol. The van der Waals surface area contributed by atoms with Gasteiger partial charge in [0.2, 0.25) is 0 Å². The molecule has 0 saturated carbocycles. The van der Waals surface area contributed by atoms with Crippen molar-refractivity contribution in [1.82, 2.24) is 4.90 Å². The van der Waals surface area contributed by atoms with Gasteiger partial charge in [-0.05, 0) is 18.2 Å². The van der Waals surface area contributed by atoms with Gasteiger partial charge in [-0.1, -0.05) is 6.58 Å². The number of carbonyl (C=O) groups excluding carboxylic acids is 2. The summed E-state index contributed by atoms with van der Waals surface area (Å²) in [6.07, 6.45) is 4.61. The highest BCUT2D eigenvalue weighted by molar-refractivity contribution is 6.08. The van der Waals surface area contributed by atoms with E-state index in [0.29, 0.717) is 12.2 Å². The average Bonchev–Trinajstić information content (AvgIpc) is 2.87. The lowest BCUT2D eigenvalue weighted by Gasteiger charge is -2.31. The number of allylic oxidation sites excluding steroid dienone is 1. The minimum atomic E-state index is -5.19. The third kappa shape index (κ3) is 3.50. The van der Waals surface area contributed by atoms with Crippen molar-refractivity contribution in [3.63, 3.8) is 0 Å². The van der Waals surface area contributed by atoms with Crippen molar-refractivity contribution in [3.8, 4) is 0 Å². The van der Waals surface area contributed by atoms with Crippen molar-refractivity contribution in [2.24, 2.45) is 5.73 Å². The van der Waals surface area contributed by atoms with Crippen molar-refractivity contribution in [2.45, 2.75) is 12.2 Å². The number of Topliss-reactive ketones (excluding diaryl/α,β-unsaturated/α-hetero) is 1. The van der Waals surface area contributed by atoms with Crippen molar-refractivity contribution >= 4 is 11.8 Å². The van der Waals surface area contributed by atoms with Crippen LogP contribution in [0.25, 0.3) is 0 Å². The second-order valence-corrected chi connectivity index (χ2v) is 5.57. The number of hydrogen-bond acceptors (Lipinski definition) is 5. The number of hydrogen-bond donors (Lipinski definition) is 2. The molecule has 2 atom stereocenters. The lowest BCUT2D eigenvalue weighted by molar-refractivity contribution is -0.790. The van der Waals surface area contributed by atoms with E-state index in [2.05, 4.69) is 17.7 Å². The highest BCUT2D eigenvalue weighted by Gasteiger charge is 2.42. The van der Waals surface area contributed by atoms with Gasteiger partial charge in [0.05, 0.1) is 17.3 Å². The van der Waals surface area contributed by atoms with Crippen LogP contribution < -0.4 is 15.7 Å². The number of nitrogens with one attached hydrogen (secondary N) is 1. The standard InChI is InChI=1S/C14H15N3O.C2HF3O2/c1-3-5-17-8-9-4-6-16(2)11-7-10(15)14(18)13(17)12(9)11;3-2(4,5)1(6)7/h3-4,6-8,11H,1,5,15H2,2H3;(H,6,7). The van der Waals surface area contributed by atoms with E-state index in [1.54, 1.807) is 0 Å². The van der Waals surface area contributed by atoms with Gasteiger partial charge in [-0.25, -0.2) is 0 Å². The number of carboxylic acid groups (broad SMARTS) is 1. The quantitative estimate of drug-likeness (QED) is 0.605. The summed E-state index contributed by atoms with van der Waals surface area (Å²) in [4.78, 5) is 24.1. The fraction of sp³-hybridized carbons (Fsp3) is 0.250. The van der Waals surface area contributed by atoms with Crippen LogP contribution in [0, 0.1) is 0 Å². The Kier molecular flexibility index (Phi) is 4.89. The van der Waals surface area contributed by atoms with Crippen LogP contribution in [0.2, 0.25) is 0 Å². The number of likely N-dealkylation sites (N-methyl/N-ethyl adjacent to an activating group) is 1. The highest BCUT2D eigenvalue weighted by atomic mass is 19.4. The summed E-state index contributed by atoms with van der Waals surface area (Å²) in [6.45, 7) is 4.45. The second kappa shape index (κ2) is 6.60. The number of quaternary nitrogens is 1. The molecule has 0 spiro atoms. The molecule has 0 aromatic heterocycles. The molecule has 9 heteroatoms. The van der Waals surface area contributed by atoms with E-state index in [9.17, 15) is 18.0 Å². The van der Waals surface area contributed by atoms with Gasteiger partial charge in [-0.15, -0.1) is 0 Å². The van der Waals surface area contributed by atoms with Crippen LogP contribution in [0.1, 0.15) is 0 Å². The topological polar surface area (TPSA) is 90.9 Å². The molecule has 0 saturated heterocycles. The number of ketones is 1. The SMILES string of the molecule is C=CC[NH+]1C=C2C=CN(C)C3C=C(N)C(=O)C1=C23.O=C([O-])C(F)(F)F. The molecular formula is C16H16F3N3O3. The summed E-state index contributed by atoms with van der Waals surface area (Å²) < 4.78 is 31.5. The predicted octanol–water partition coefficient (Wildman–Crippen LogP) is -1.24. The Labute approximate surface area is 141 Å². The predicted molar refractivity (Wildman–Crippen MR) is 80.2 cm³/mol. The molecule has 6 nitrogen and oxygen atoms in total. The minimum absolute atomic E-state index is 0.0481. The van der Waals surface area contributed by atoms with Crippen LogP contribution in [0.15, 0.2) is 59.7 Å². The third-order valence-electron chi connectivity index (χ3n) is 3.88. The van der Waals surface area contributed by atoms with Gasteiger partial charge < -0.3 is 20.5 Å². The summed E-state index contributed by atoms with van der Waals surface area (Å²) in [5, 5.41) is 8.78. The Morgan fingerprint density at radius 2 is 2.12 bits per heavy atom. The van der Waals surface area contributed by atoms with Gasteiger partial charge in [-0.2, -0.15) is 13.2 Å². The monoisotopic (exact) mass is 355 g/mol. The van der Waals surface area contributed by atoms with Crippen molar-refractivity contribution in [3.05, 3.63) is 59.7 Å². The number of rotatable bonds is 2. The van der Waals surface area contributed by atoms with E-state index in [-0.39, 0.29) is 11.8 Å². The molecular weight excluding hydrogens is 339 g/mol. The molecule has 1 aliphatic carbocycles. The molecule has 134 valence electrons. The molecule has 3 N–H and O–H groups in total. The number of nitrogens with zero attached hydrogens (tertiary/aromatic N) is 1. The van der Waals surface area contributed by atoms with Crippen LogP contribution >= 0.6 is 0 Å². The maximum absolute atomic E-state index is 12.2. The van der Waals surface area contributed by atoms with E-state index in [1.807, 2.05) is 31.5 Å². The number of aliphatic carboxylic acids is 1. The van der Waals surface area contributed by atoms with Crippen LogP contribution in [0.4, 0.5) is 13.2 Å². The van der Waals surface area contributed by atoms with E-state index in [0.717, 1.165) is 21.7 Å². The molecule has 0 amide bonds. The first-order valence-electron chi connectivity index (χ1n) is 7.21. The zero-order valence-electron chi connectivity index (χ0n) is 13.3.